The number of fused-ring (bicyclic) bond motifs is 3. The number of benzene rings is 2. The lowest BCUT2D eigenvalue weighted by Gasteiger charge is -2.07. The zero-order chi connectivity index (χ0) is 20.7. The minimum Gasteiger partial charge on any atom is -0.298 e. The number of aromatic amines is 1. The molecule has 2 heterocycles. The number of nitrogens with one attached hydrogen (secondary N) is 2. The molecule has 2 aromatic carbocycles. The van der Waals surface area contributed by atoms with Crippen molar-refractivity contribution in [2.24, 2.45) is 0 Å². The van der Waals surface area contributed by atoms with E-state index in [2.05, 4.69) is 30.9 Å². The lowest BCUT2D eigenvalue weighted by molar-refractivity contribution is 0.101. The smallest absolute Gasteiger partial charge is 0.263 e. The Labute approximate surface area is 173 Å². The number of carbonyl (C=O) groups excluding carboxylic acids is 1. The van der Waals surface area contributed by atoms with Crippen LogP contribution in [0.25, 0.3) is 21.8 Å². The molecule has 0 radical (unpaired) electrons. The highest BCUT2D eigenvalue weighted by molar-refractivity contribution is 7.19. The molecule has 30 heavy (non-hydrogen) atoms. The van der Waals surface area contributed by atoms with E-state index in [0.29, 0.717) is 11.0 Å². The van der Waals surface area contributed by atoms with E-state index in [1.807, 2.05) is 18.2 Å². The molecular weight excluding hydrogens is 410 g/mol. The average molecular weight is 424 g/mol. The number of thiazole rings is 1. The molecule has 0 aliphatic heterocycles. The van der Waals surface area contributed by atoms with Crippen LogP contribution in [-0.2, 0) is 12.8 Å². The Bertz CT molecular complexity index is 1230. The van der Waals surface area contributed by atoms with E-state index in [4.69, 9.17) is 0 Å². The second-order valence-corrected chi connectivity index (χ2v) is 7.81. The van der Waals surface area contributed by atoms with Crippen LogP contribution in [0.5, 0.6) is 0 Å². The van der Waals surface area contributed by atoms with E-state index in [9.17, 15) is 13.6 Å². The van der Waals surface area contributed by atoms with E-state index >= 15 is 0 Å². The third kappa shape index (κ3) is 3.24. The highest BCUT2D eigenvalue weighted by atomic mass is 32.1. The number of halogens is 2. The zero-order valence-corrected chi connectivity index (χ0v) is 16.3. The topological polar surface area (TPSA) is 96.5 Å². The standard InChI is InChI=1S/C20H14F2N6OS/c21-13-4-2-5-14(22)16(13)19(29)24-20-23-15-6-1-3-10-9-11(18-25-27-28-26-18)7-8-12(10)17(15)30-20/h2,4-5,7-9H,1,3,6H2,(H,23,24,29)(H,25,26,27,28). The molecule has 7 nitrogen and oxygen atoms in total. The highest BCUT2D eigenvalue weighted by Gasteiger charge is 2.23. The molecule has 0 unspecified atom stereocenters. The van der Waals surface area contributed by atoms with Crippen LogP contribution in [0.2, 0.25) is 0 Å². The molecule has 1 aliphatic carbocycles. The fraction of sp³-hybridized carbons (Fsp3) is 0.150. The molecule has 150 valence electrons. The Balaban J connectivity index is 1.48. The molecule has 0 fully saturated rings. The first-order chi connectivity index (χ1) is 14.6. The van der Waals surface area contributed by atoms with Gasteiger partial charge in [0, 0.05) is 5.56 Å². The minimum atomic E-state index is -0.912. The van der Waals surface area contributed by atoms with Gasteiger partial charge < -0.3 is 0 Å². The Morgan fingerprint density at radius 3 is 2.73 bits per heavy atom. The van der Waals surface area contributed by atoms with E-state index in [1.54, 1.807) is 0 Å². The van der Waals surface area contributed by atoms with Crippen LogP contribution in [-0.4, -0.2) is 31.5 Å². The Morgan fingerprint density at radius 1 is 1.13 bits per heavy atom. The van der Waals surface area contributed by atoms with Gasteiger partial charge in [-0.1, -0.05) is 29.5 Å². The van der Waals surface area contributed by atoms with Crippen LogP contribution in [0, 0.1) is 11.6 Å². The van der Waals surface area contributed by atoms with Crippen molar-refractivity contribution in [3.63, 3.8) is 0 Å². The number of amides is 1. The summed E-state index contributed by atoms with van der Waals surface area (Å²) in [5.74, 6) is -2.16. The summed E-state index contributed by atoms with van der Waals surface area (Å²) >= 11 is 1.29. The van der Waals surface area contributed by atoms with E-state index in [1.165, 1.54) is 17.4 Å². The quantitative estimate of drug-likeness (QED) is 0.518. The molecule has 1 aliphatic rings. The van der Waals surface area contributed by atoms with Crippen molar-refractivity contribution in [3.8, 4) is 21.8 Å². The van der Waals surface area contributed by atoms with Gasteiger partial charge in [0.15, 0.2) is 5.13 Å². The predicted octanol–water partition coefficient (Wildman–Crippen LogP) is 4.01. The fourth-order valence-electron chi connectivity index (χ4n) is 3.55. The second-order valence-electron chi connectivity index (χ2n) is 6.81. The third-order valence-electron chi connectivity index (χ3n) is 4.92. The molecule has 5 rings (SSSR count). The van der Waals surface area contributed by atoms with Gasteiger partial charge in [-0.15, -0.1) is 10.2 Å². The lowest BCUT2D eigenvalue weighted by Crippen LogP contribution is -2.15. The lowest BCUT2D eigenvalue weighted by atomic mass is 10.0. The maximum absolute atomic E-state index is 13.9. The summed E-state index contributed by atoms with van der Waals surface area (Å²) < 4.78 is 27.8. The summed E-state index contributed by atoms with van der Waals surface area (Å²) in [4.78, 5) is 17.9. The number of aryl methyl sites for hydroxylation is 2. The monoisotopic (exact) mass is 424 g/mol. The number of hydrogen-bond donors (Lipinski definition) is 2. The molecular formula is C20H14F2N6OS. The minimum absolute atomic E-state index is 0.308. The van der Waals surface area contributed by atoms with Gasteiger partial charge in [0.05, 0.1) is 10.6 Å². The Morgan fingerprint density at radius 2 is 1.97 bits per heavy atom. The highest BCUT2D eigenvalue weighted by Crippen LogP contribution is 2.40. The first-order valence-corrected chi connectivity index (χ1v) is 10.0. The van der Waals surface area contributed by atoms with Crippen LogP contribution in [0.1, 0.15) is 28.0 Å². The number of anilines is 1. The molecule has 1 amide bonds. The normalized spacial score (nSPS) is 12.7. The third-order valence-corrected chi connectivity index (χ3v) is 5.97. The van der Waals surface area contributed by atoms with E-state index in [-0.39, 0.29) is 0 Å². The number of hydrogen-bond acceptors (Lipinski definition) is 6. The van der Waals surface area contributed by atoms with Crippen molar-refractivity contribution in [1.82, 2.24) is 25.6 Å². The predicted molar refractivity (Wildman–Crippen MR) is 107 cm³/mol. The van der Waals surface area contributed by atoms with Gasteiger partial charge in [0.2, 0.25) is 5.82 Å². The molecule has 0 atom stereocenters. The summed E-state index contributed by atoms with van der Waals surface area (Å²) in [6, 6.07) is 9.23. The van der Waals surface area contributed by atoms with Crippen molar-refractivity contribution in [2.45, 2.75) is 19.3 Å². The number of tetrazole rings is 1. The molecule has 0 spiro atoms. The largest absolute Gasteiger partial charge is 0.298 e. The van der Waals surface area contributed by atoms with Gasteiger partial charge in [-0.25, -0.2) is 13.8 Å². The van der Waals surface area contributed by atoms with Crippen molar-refractivity contribution < 1.29 is 13.6 Å². The summed E-state index contributed by atoms with van der Waals surface area (Å²) in [6.45, 7) is 0. The molecule has 4 aromatic rings. The maximum atomic E-state index is 13.9. The van der Waals surface area contributed by atoms with Gasteiger partial charge in [-0.3, -0.25) is 10.1 Å². The van der Waals surface area contributed by atoms with E-state index < -0.39 is 23.1 Å². The second kappa shape index (κ2) is 7.38. The zero-order valence-electron chi connectivity index (χ0n) is 15.4. The number of H-pyrrole nitrogens is 1. The molecule has 2 N–H and O–H groups in total. The van der Waals surface area contributed by atoms with Crippen LogP contribution < -0.4 is 5.32 Å². The van der Waals surface area contributed by atoms with Crippen LogP contribution in [0.15, 0.2) is 36.4 Å². The van der Waals surface area contributed by atoms with Gasteiger partial charge in [-0.05, 0) is 53.8 Å². The summed E-state index contributed by atoms with van der Waals surface area (Å²) in [6.07, 6.45) is 2.49. The molecule has 2 aromatic heterocycles. The number of nitrogens with zero attached hydrogens (tertiary/aromatic N) is 4. The van der Waals surface area contributed by atoms with Crippen LogP contribution >= 0.6 is 11.3 Å². The van der Waals surface area contributed by atoms with Crippen LogP contribution in [0.3, 0.4) is 0 Å². The number of rotatable bonds is 3. The number of carbonyl (C=O) groups is 1. The first kappa shape index (κ1) is 18.5. The number of aromatic nitrogens is 5. The van der Waals surface area contributed by atoms with Crippen molar-refractivity contribution >= 4 is 22.4 Å². The molecule has 10 heteroatoms. The van der Waals surface area contributed by atoms with Crippen molar-refractivity contribution in [1.29, 1.82) is 0 Å². The molecule has 0 saturated carbocycles. The molecule has 0 saturated heterocycles. The van der Waals surface area contributed by atoms with Crippen molar-refractivity contribution in [3.05, 3.63) is 64.9 Å². The van der Waals surface area contributed by atoms with Crippen molar-refractivity contribution in [2.75, 3.05) is 5.32 Å². The summed E-state index contributed by atoms with van der Waals surface area (Å²) in [5, 5.41) is 16.9. The summed E-state index contributed by atoms with van der Waals surface area (Å²) in [5.41, 5.74) is 3.24. The summed E-state index contributed by atoms with van der Waals surface area (Å²) in [7, 11) is 0. The SMILES string of the molecule is O=C(Nc1nc2c(s1)-c1ccc(-c3nn[nH]n3)cc1CCC2)c1c(F)cccc1F. The molecule has 0 bridgehead atoms. The maximum Gasteiger partial charge on any atom is 0.263 e. The Kier molecular flexibility index (Phi) is 4.55. The fourth-order valence-corrected chi connectivity index (χ4v) is 4.62. The van der Waals surface area contributed by atoms with Gasteiger partial charge >= 0.3 is 0 Å². The van der Waals surface area contributed by atoms with Crippen LogP contribution in [0.4, 0.5) is 13.9 Å². The van der Waals surface area contributed by atoms with E-state index in [0.717, 1.165) is 58.7 Å². The van der Waals surface area contributed by atoms with Gasteiger partial charge in [0.1, 0.15) is 17.2 Å². The first-order valence-electron chi connectivity index (χ1n) is 9.22. The van der Waals surface area contributed by atoms with Gasteiger partial charge in [-0.2, -0.15) is 5.21 Å². The Hall–Kier alpha value is -3.53. The average Bonchev–Trinajstić information content (AvgIpc) is 3.35. The van der Waals surface area contributed by atoms with Gasteiger partial charge in [0.25, 0.3) is 5.91 Å².